The third kappa shape index (κ3) is 4.99. The smallest absolute Gasteiger partial charge is 0.191 e. The van der Waals surface area contributed by atoms with Gasteiger partial charge in [0.25, 0.3) is 0 Å². The molecular weight excluding hydrogens is 357 g/mol. The third-order valence-corrected chi connectivity index (χ3v) is 3.50. The van der Waals surface area contributed by atoms with Crippen LogP contribution in [0, 0.1) is 0 Å². The van der Waals surface area contributed by atoms with Crippen molar-refractivity contribution in [2.45, 2.75) is 0 Å². The summed E-state index contributed by atoms with van der Waals surface area (Å²) in [5.41, 5.74) is 4.02. The molecule has 0 fully saturated rings. The van der Waals surface area contributed by atoms with E-state index in [1.807, 2.05) is 0 Å². The van der Waals surface area contributed by atoms with Crippen LogP contribution in [0.2, 0.25) is 10.0 Å². The van der Waals surface area contributed by atoms with Crippen molar-refractivity contribution in [1.82, 2.24) is 5.43 Å². The first-order valence-electron chi connectivity index (χ1n) is 6.41. The fraction of sp³-hybridized carbons (Fsp3) is 0.0667. The first-order chi connectivity index (χ1) is 11.0. The van der Waals surface area contributed by atoms with E-state index in [4.69, 9.17) is 40.2 Å². The van der Waals surface area contributed by atoms with E-state index in [1.165, 1.54) is 13.2 Å². The Hall–Kier alpha value is -2.02. The molecule has 8 heteroatoms. The number of nitrogens with zero attached hydrogens (tertiary/aromatic N) is 1. The summed E-state index contributed by atoms with van der Waals surface area (Å²) in [5, 5.41) is 17.7. The molecule has 0 atom stereocenters. The van der Waals surface area contributed by atoms with E-state index < -0.39 is 0 Å². The summed E-state index contributed by atoms with van der Waals surface area (Å²) in [6, 6.07) is 9.88. The van der Waals surface area contributed by atoms with Gasteiger partial charge in [-0.1, -0.05) is 23.2 Å². The number of aromatic hydroxyl groups is 1. The molecule has 0 spiro atoms. The Morgan fingerprint density at radius 1 is 1.26 bits per heavy atom. The lowest BCUT2D eigenvalue weighted by atomic mass is 10.2. The minimum Gasteiger partial charge on any atom is -0.504 e. The van der Waals surface area contributed by atoms with Crippen molar-refractivity contribution >= 4 is 52.4 Å². The van der Waals surface area contributed by atoms with Crippen molar-refractivity contribution in [2.24, 2.45) is 5.10 Å². The summed E-state index contributed by atoms with van der Waals surface area (Å²) < 4.78 is 5.02. The standard InChI is InChI=1S/C15H13Cl2N3O2S/c1-22-14-6-9(2-5-13(14)21)8-18-20-15(23)19-12-4-3-10(16)7-11(12)17/h2-8,21H,1H3,(H2,19,20,23)/b18-8-. The summed E-state index contributed by atoms with van der Waals surface area (Å²) in [7, 11) is 1.48. The SMILES string of the molecule is COc1cc(/C=N\NC(=S)Nc2ccc(Cl)cc2Cl)ccc1O. The molecule has 0 saturated carbocycles. The maximum absolute atomic E-state index is 9.52. The molecule has 0 aliphatic rings. The molecule has 0 bridgehead atoms. The van der Waals surface area contributed by atoms with Gasteiger partial charge in [0, 0.05) is 5.02 Å². The fourth-order valence-corrected chi connectivity index (χ4v) is 2.30. The van der Waals surface area contributed by atoms with Crippen molar-refractivity contribution < 1.29 is 9.84 Å². The minimum absolute atomic E-state index is 0.0622. The Balaban J connectivity index is 1.96. The van der Waals surface area contributed by atoms with Crippen LogP contribution in [0.5, 0.6) is 11.5 Å². The Kier molecular flexibility index (Phi) is 6.04. The topological polar surface area (TPSA) is 65.9 Å². The molecule has 0 radical (unpaired) electrons. The zero-order chi connectivity index (χ0) is 16.8. The van der Waals surface area contributed by atoms with Gasteiger partial charge in [-0.15, -0.1) is 0 Å². The second kappa shape index (κ2) is 8.01. The second-order valence-electron chi connectivity index (χ2n) is 4.38. The average molecular weight is 370 g/mol. The van der Waals surface area contributed by atoms with Crippen molar-refractivity contribution in [3.8, 4) is 11.5 Å². The maximum atomic E-state index is 9.52. The Labute approximate surface area is 148 Å². The van der Waals surface area contributed by atoms with Crippen molar-refractivity contribution in [1.29, 1.82) is 0 Å². The number of hydrogen-bond acceptors (Lipinski definition) is 4. The van der Waals surface area contributed by atoms with Crippen molar-refractivity contribution in [2.75, 3.05) is 12.4 Å². The number of anilines is 1. The number of hydrogen-bond donors (Lipinski definition) is 3. The molecule has 0 aliphatic carbocycles. The molecule has 2 rings (SSSR count). The second-order valence-corrected chi connectivity index (χ2v) is 5.63. The number of thiocarbonyl (C=S) groups is 1. The van der Waals surface area contributed by atoms with E-state index in [9.17, 15) is 5.11 Å². The van der Waals surface area contributed by atoms with Crippen LogP contribution in [0.1, 0.15) is 5.56 Å². The molecule has 0 unspecified atom stereocenters. The van der Waals surface area contributed by atoms with Crippen LogP contribution in [-0.4, -0.2) is 23.5 Å². The molecule has 0 aliphatic heterocycles. The van der Waals surface area contributed by atoms with Crippen LogP contribution >= 0.6 is 35.4 Å². The number of halogens is 2. The summed E-state index contributed by atoms with van der Waals surface area (Å²) in [4.78, 5) is 0. The Morgan fingerprint density at radius 3 is 2.74 bits per heavy atom. The summed E-state index contributed by atoms with van der Waals surface area (Å²) >= 11 is 17.0. The molecule has 2 aromatic rings. The first-order valence-corrected chi connectivity index (χ1v) is 7.58. The number of methoxy groups -OCH3 is 1. The fourth-order valence-electron chi connectivity index (χ4n) is 1.68. The van der Waals surface area contributed by atoms with Crippen LogP contribution < -0.4 is 15.5 Å². The van der Waals surface area contributed by atoms with Crippen LogP contribution in [0.25, 0.3) is 0 Å². The quantitative estimate of drug-likeness (QED) is 0.431. The van der Waals surface area contributed by atoms with Gasteiger partial charge in [0.05, 0.1) is 24.0 Å². The largest absolute Gasteiger partial charge is 0.504 e. The van der Waals surface area contributed by atoms with Gasteiger partial charge in [0.2, 0.25) is 0 Å². The summed E-state index contributed by atoms with van der Waals surface area (Å²) in [5.74, 6) is 0.426. The molecule has 0 aromatic heterocycles. The highest BCUT2D eigenvalue weighted by Gasteiger charge is 2.03. The predicted octanol–water partition coefficient (Wildman–Crippen LogP) is 4.03. The number of ether oxygens (including phenoxy) is 1. The molecule has 23 heavy (non-hydrogen) atoms. The molecule has 5 nitrogen and oxygen atoms in total. The molecule has 0 amide bonds. The van der Waals surface area contributed by atoms with Gasteiger partial charge in [-0.25, -0.2) is 0 Å². The zero-order valence-corrected chi connectivity index (χ0v) is 14.3. The van der Waals surface area contributed by atoms with Gasteiger partial charge in [-0.2, -0.15) is 5.10 Å². The number of phenolic OH excluding ortho intramolecular Hbond substituents is 1. The first kappa shape index (κ1) is 17.3. The van der Waals surface area contributed by atoms with Gasteiger partial charge in [-0.05, 0) is 54.2 Å². The van der Waals surface area contributed by atoms with Crippen LogP contribution in [0.15, 0.2) is 41.5 Å². The highest BCUT2D eigenvalue weighted by Crippen LogP contribution is 2.26. The van der Waals surface area contributed by atoms with Gasteiger partial charge in [0.15, 0.2) is 16.6 Å². The van der Waals surface area contributed by atoms with E-state index in [2.05, 4.69) is 15.8 Å². The molecule has 120 valence electrons. The zero-order valence-electron chi connectivity index (χ0n) is 12.0. The molecule has 2 aromatic carbocycles. The van der Waals surface area contributed by atoms with Gasteiger partial charge >= 0.3 is 0 Å². The minimum atomic E-state index is 0.0622. The molecule has 0 saturated heterocycles. The maximum Gasteiger partial charge on any atom is 0.191 e. The van der Waals surface area contributed by atoms with Gasteiger partial charge < -0.3 is 15.2 Å². The average Bonchev–Trinajstić information content (AvgIpc) is 2.52. The Bertz CT molecular complexity index is 753. The van der Waals surface area contributed by atoms with Crippen molar-refractivity contribution in [3.63, 3.8) is 0 Å². The predicted molar refractivity (Wildman–Crippen MR) is 98.1 cm³/mol. The van der Waals surface area contributed by atoms with E-state index >= 15 is 0 Å². The number of benzene rings is 2. The molecular formula is C15H13Cl2N3O2S. The highest BCUT2D eigenvalue weighted by atomic mass is 35.5. The lowest BCUT2D eigenvalue weighted by molar-refractivity contribution is 0.373. The number of nitrogens with one attached hydrogen (secondary N) is 2. The van der Waals surface area contributed by atoms with E-state index in [0.717, 1.165) is 5.56 Å². The number of phenols is 1. The lowest BCUT2D eigenvalue weighted by Crippen LogP contribution is -2.24. The molecule has 3 N–H and O–H groups in total. The van der Waals surface area contributed by atoms with E-state index in [0.29, 0.717) is 21.5 Å². The van der Waals surface area contributed by atoms with Crippen LogP contribution in [0.3, 0.4) is 0 Å². The van der Waals surface area contributed by atoms with E-state index in [-0.39, 0.29) is 10.9 Å². The molecule has 0 heterocycles. The van der Waals surface area contributed by atoms with Gasteiger partial charge in [-0.3, -0.25) is 5.43 Å². The van der Waals surface area contributed by atoms with E-state index in [1.54, 1.807) is 36.5 Å². The normalized spacial score (nSPS) is 10.6. The number of rotatable bonds is 4. The van der Waals surface area contributed by atoms with Crippen molar-refractivity contribution in [3.05, 3.63) is 52.0 Å². The summed E-state index contributed by atoms with van der Waals surface area (Å²) in [6.45, 7) is 0. The van der Waals surface area contributed by atoms with Crippen LogP contribution in [0.4, 0.5) is 5.69 Å². The van der Waals surface area contributed by atoms with Gasteiger partial charge in [0.1, 0.15) is 0 Å². The lowest BCUT2D eigenvalue weighted by Gasteiger charge is -2.09. The summed E-state index contributed by atoms with van der Waals surface area (Å²) in [6.07, 6.45) is 1.54. The third-order valence-electron chi connectivity index (χ3n) is 2.76. The van der Waals surface area contributed by atoms with Crippen LogP contribution in [-0.2, 0) is 0 Å². The highest BCUT2D eigenvalue weighted by molar-refractivity contribution is 7.80. The Morgan fingerprint density at radius 2 is 2.04 bits per heavy atom. The monoisotopic (exact) mass is 369 g/mol. The number of hydrazone groups is 1.